The summed E-state index contributed by atoms with van der Waals surface area (Å²) in [6.07, 6.45) is 0. The topological polar surface area (TPSA) is 66.5 Å². The monoisotopic (exact) mass is 442 g/mol. The van der Waals surface area contributed by atoms with Gasteiger partial charge in [-0.05, 0) is 49.2 Å². The lowest BCUT2D eigenvalue weighted by Crippen LogP contribution is -2.41. The minimum Gasteiger partial charge on any atom is -0.350 e. The van der Waals surface area contributed by atoms with Crippen molar-refractivity contribution in [2.75, 3.05) is 10.8 Å². The predicted octanol–water partition coefficient (Wildman–Crippen LogP) is 4.47. The van der Waals surface area contributed by atoms with E-state index in [9.17, 15) is 13.2 Å². The zero-order valence-corrected chi connectivity index (χ0v) is 18.4. The summed E-state index contributed by atoms with van der Waals surface area (Å²) >= 11 is 6.13. The van der Waals surface area contributed by atoms with Crippen molar-refractivity contribution in [3.05, 3.63) is 94.5 Å². The fraction of sp³-hybridized carbons (Fsp3) is 0.174. The number of rotatable bonds is 7. The number of carbonyl (C=O) groups is 1. The van der Waals surface area contributed by atoms with Crippen LogP contribution in [0.15, 0.2) is 77.7 Å². The number of carbonyl (C=O) groups excluding carboxylic acids is 1. The van der Waals surface area contributed by atoms with E-state index in [1.165, 1.54) is 12.1 Å². The highest BCUT2D eigenvalue weighted by Crippen LogP contribution is 2.29. The average molecular weight is 443 g/mol. The van der Waals surface area contributed by atoms with Crippen molar-refractivity contribution >= 4 is 33.2 Å². The van der Waals surface area contributed by atoms with Crippen LogP contribution in [0.4, 0.5) is 5.69 Å². The number of hydrogen-bond acceptors (Lipinski definition) is 3. The van der Waals surface area contributed by atoms with E-state index in [0.717, 1.165) is 15.4 Å². The maximum absolute atomic E-state index is 13.4. The van der Waals surface area contributed by atoms with Crippen molar-refractivity contribution in [3.8, 4) is 0 Å². The van der Waals surface area contributed by atoms with Crippen LogP contribution in [0.3, 0.4) is 0 Å². The first-order valence-electron chi connectivity index (χ1n) is 9.43. The molecule has 156 valence electrons. The second-order valence-electron chi connectivity index (χ2n) is 7.02. The summed E-state index contributed by atoms with van der Waals surface area (Å²) in [5.41, 5.74) is 3.10. The van der Waals surface area contributed by atoms with E-state index in [4.69, 9.17) is 11.6 Å². The number of aryl methyl sites for hydroxylation is 2. The normalized spacial score (nSPS) is 11.2. The lowest BCUT2D eigenvalue weighted by molar-refractivity contribution is -0.119. The van der Waals surface area contributed by atoms with Gasteiger partial charge in [-0.3, -0.25) is 9.10 Å². The van der Waals surface area contributed by atoms with Gasteiger partial charge >= 0.3 is 0 Å². The van der Waals surface area contributed by atoms with E-state index in [1.807, 2.05) is 31.2 Å². The smallest absolute Gasteiger partial charge is 0.264 e. The highest BCUT2D eigenvalue weighted by molar-refractivity contribution is 7.92. The van der Waals surface area contributed by atoms with Crippen LogP contribution in [-0.2, 0) is 21.4 Å². The van der Waals surface area contributed by atoms with Gasteiger partial charge in [-0.2, -0.15) is 0 Å². The van der Waals surface area contributed by atoms with Crippen molar-refractivity contribution in [1.82, 2.24) is 5.32 Å². The third-order valence-electron chi connectivity index (χ3n) is 4.63. The number of nitrogens with one attached hydrogen (secondary N) is 1. The van der Waals surface area contributed by atoms with Crippen LogP contribution in [0.25, 0.3) is 0 Å². The molecule has 30 heavy (non-hydrogen) atoms. The Morgan fingerprint density at radius 3 is 2.40 bits per heavy atom. The molecule has 0 aliphatic rings. The summed E-state index contributed by atoms with van der Waals surface area (Å²) < 4.78 is 27.8. The highest BCUT2D eigenvalue weighted by Gasteiger charge is 2.28. The number of anilines is 1. The summed E-state index contributed by atoms with van der Waals surface area (Å²) in [6, 6.07) is 20.8. The molecular weight excluding hydrogens is 420 g/mol. The first kappa shape index (κ1) is 21.9. The largest absolute Gasteiger partial charge is 0.350 e. The molecular formula is C23H23ClN2O3S. The van der Waals surface area contributed by atoms with Crippen LogP contribution in [0.5, 0.6) is 0 Å². The molecule has 3 rings (SSSR count). The van der Waals surface area contributed by atoms with E-state index in [0.29, 0.717) is 22.8 Å². The minimum absolute atomic E-state index is 0.107. The molecule has 1 N–H and O–H groups in total. The maximum Gasteiger partial charge on any atom is 0.264 e. The third kappa shape index (κ3) is 5.20. The number of hydrogen-bond donors (Lipinski definition) is 1. The summed E-state index contributed by atoms with van der Waals surface area (Å²) in [4.78, 5) is 12.8. The van der Waals surface area contributed by atoms with Gasteiger partial charge in [0.25, 0.3) is 10.0 Å². The fourth-order valence-corrected chi connectivity index (χ4v) is 4.74. The van der Waals surface area contributed by atoms with Crippen molar-refractivity contribution in [1.29, 1.82) is 0 Å². The fourth-order valence-electron chi connectivity index (χ4n) is 3.08. The molecule has 3 aromatic carbocycles. The Balaban J connectivity index is 1.90. The number of halogens is 1. The number of nitrogens with zero attached hydrogens (tertiary/aromatic N) is 1. The van der Waals surface area contributed by atoms with Crippen molar-refractivity contribution in [2.45, 2.75) is 25.3 Å². The van der Waals surface area contributed by atoms with Gasteiger partial charge in [-0.25, -0.2) is 8.42 Å². The van der Waals surface area contributed by atoms with Gasteiger partial charge < -0.3 is 5.32 Å². The Kier molecular flexibility index (Phi) is 6.80. The molecule has 0 unspecified atom stereocenters. The minimum atomic E-state index is -3.96. The molecule has 3 aromatic rings. The van der Waals surface area contributed by atoms with E-state index >= 15 is 0 Å². The molecule has 0 saturated carbocycles. The van der Waals surface area contributed by atoms with E-state index in [1.54, 1.807) is 43.3 Å². The van der Waals surface area contributed by atoms with Crippen LogP contribution in [-0.4, -0.2) is 20.9 Å². The molecule has 0 heterocycles. The second-order valence-corrected chi connectivity index (χ2v) is 9.32. The summed E-state index contributed by atoms with van der Waals surface area (Å²) in [5.74, 6) is -0.407. The molecule has 7 heteroatoms. The molecule has 5 nitrogen and oxygen atoms in total. The van der Waals surface area contributed by atoms with Crippen LogP contribution >= 0.6 is 11.6 Å². The van der Waals surface area contributed by atoms with Crippen LogP contribution < -0.4 is 9.62 Å². The van der Waals surface area contributed by atoms with Gasteiger partial charge in [0, 0.05) is 11.6 Å². The molecule has 0 aromatic heterocycles. The van der Waals surface area contributed by atoms with Gasteiger partial charge in [0.05, 0.1) is 10.6 Å². The Morgan fingerprint density at radius 2 is 1.70 bits per heavy atom. The molecule has 0 fully saturated rings. The quantitative estimate of drug-likeness (QED) is 0.587. The molecule has 0 atom stereocenters. The van der Waals surface area contributed by atoms with Gasteiger partial charge in [-0.15, -0.1) is 0 Å². The maximum atomic E-state index is 13.4. The molecule has 0 radical (unpaired) electrons. The van der Waals surface area contributed by atoms with Gasteiger partial charge in [-0.1, -0.05) is 65.7 Å². The molecule has 0 spiro atoms. The molecule has 0 aliphatic carbocycles. The highest BCUT2D eigenvalue weighted by atomic mass is 35.5. The predicted molar refractivity (Wildman–Crippen MR) is 120 cm³/mol. The van der Waals surface area contributed by atoms with Crippen molar-refractivity contribution in [3.63, 3.8) is 0 Å². The molecule has 1 amide bonds. The van der Waals surface area contributed by atoms with E-state index in [-0.39, 0.29) is 11.4 Å². The Hall–Kier alpha value is -2.83. The first-order chi connectivity index (χ1) is 14.3. The van der Waals surface area contributed by atoms with E-state index < -0.39 is 15.9 Å². The zero-order valence-electron chi connectivity index (χ0n) is 16.8. The Labute approximate surface area is 182 Å². The molecule has 0 bridgehead atoms. The Bertz CT molecular complexity index is 1150. The van der Waals surface area contributed by atoms with Gasteiger partial charge in [0.2, 0.25) is 5.91 Å². The van der Waals surface area contributed by atoms with Gasteiger partial charge in [0.1, 0.15) is 6.54 Å². The van der Waals surface area contributed by atoms with Crippen molar-refractivity contribution < 1.29 is 13.2 Å². The standard InChI is InChI=1S/C23H23ClN2O3S/c1-17-7-6-8-19(13-17)15-25-23(27)16-26(22-14-20(24)12-11-18(22)2)30(28,29)21-9-4-3-5-10-21/h3-14H,15-16H2,1-2H3,(H,25,27). The molecule has 0 saturated heterocycles. The van der Waals surface area contributed by atoms with Gasteiger partial charge in [0.15, 0.2) is 0 Å². The van der Waals surface area contributed by atoms with Crippen molar-refractivity contribution in [2.24, 2.45) is 0 Å². The van der Waals surface area contributed by atoms with Crippen LogP contribution in [0.1, 0.15) is 16.7 Å². The Morgan fingerprint density at radius 1 is 0.967 bits per heavy atom. The lowest BCUT2D eigenvalue weighted by atomic mass is 10.1. The van der Waals surface area contributed by atoms with Crippen LogP contribution in [0.2, 0.25) is 5.02 Å². The summed E-state index contributed by atoms with van der Waals surface area (Å²) in [7, 11) is -3.96. The lowest BCUT2D eigenvalue weighted by Gasteiger charge is -2.26. The second kappa shape index (κ2) is 9.32. The molecule has 0 aliphatic heterocycles. The number of benzene rings is 3. The summed E-state index contributed by atoms with van der Waals surface area (Å²) in [5, 5.41) is 3.20. The third-order valence-corrected chi connectivity index (χ3v) is 6.64. The zero-order chi connectivity index (χ0) is 21.7. The first-order valence-corrected chi connectivity index (χ1v) is 11.3. The summed E-state index contributed by atoms with van der Waals surface area (Å²) in [6.45, 7) is 3.71. The number of amides is 1. The number of sulfonamides is 1. The van der Waals surface area contributed by atoms with Crippen LogP contribution in [0, 0.1) is 13.8 Å². The SMILES string of the molecule is Cc1cccc(CNC(=O)CN(c2cc(Cl)ccc2C)S(=O)(=O)c2ccccc2)c1. The average Bonchev–Trinajstić information content (AvgIpc) is 2.73. The van der Waals surface area contributed by atoms with E-state index in [2.05, 4.69) is 5.32 Å².